The molecule has 1 amide bonds. The molecule has 74 valence electrons. The predicted octanol–water partition coefficient (Wildman–Crippen LogP) is 1.43. The van der Waals surface area contributed by atoms with Crippen LogP contribution in [-0.2, 0) is 0 Å². The third-order valence-corrected chi connectivity index (χ3v) is 2.42. The predicted molar refractivity (Wildman–Crippen MR) is 53.7 cm³/mol. The highest BCUT2D eigenvalue weighted by atomic mass is 16.5. The molecule has 1 aliphatic heterocycles. The minimum atomic E-state index is -0.0290. The van der Waals surface area contributed by atoms with Crippen molar-refractivity contribution in [3.63, 3.8) is 0 Å². The highest BCUT2D eigenvalue weighted by Crippen LogP contribution is 2.27. The first-order valence-electron chi connectivity index (χ1n) is 4.71. The SMILES string of the molecule is Cc1ccc(C)c2c1OCCNC2=O. The molecular weight excluding hydrogens is 178 g/mol. The van der Waals surface area contributed by atoms with Gasteiger partial charge < -0.3 is 10.1 Å². The average Bonchev–Trinajstić information content (AvgIpc) is 2.35. The van der Waals surface area contributed by atoms with E-state index < -0.39 is 0 Å². The Balaban J connectivity index is 2.62. The number of carbonyl (C=O) groups excluding carboxylic acids is 1. The van der Waals surface area contributed by atoms with Gasteiger partial charge in [-0.15, -0.1) is 0 Å². The molecule has 0 radical (unpaired) electrons. The fourth-order valence-corrected chi connectivity index (χ4v) is 1.66. The summed E-state index contributed by atoms with van der Waals surface area (Å²) in [4.78, 5) is 11.7. The van der Waals surface area contributed by atoms with E-state index in [-0.39, 0.29) is 5.91 Å². The molecule has 0 unspecified atom stereocenters. The third kappa shape index (κ3) is 1.35. The second-order valence-electron chi connectivity index (χ2n) is 3.51. The van der Waals surface area contributed by atoms with Gasteiger partial charge in [-0.2, -0.15) is 0 Å². The van der Waals surface area contributed by atoms with Crippen molar-refractivity contribution in [2.24, 2.45) is 0 Å². The zero-order chi connectivity index (χ0) is 10.1. The lowest BCUT2D eigenvalue weighted by Crippen LogP contribution is -2.24. The van der Waals surface area contributed by atoms with E-state index in [9.17, 15) is 4.79 Å². The number of aryl methyl sites for hydroxylation is 2. The number of fused-ring (bicyclic) bond motifs is 1. The lowest BCUT2D eigenvalue weighted by atomic mass is 10.0. The van der Waals surface area contributed by atoms with Crippen LogP contribution in [0.2, 0.25) is 0 Å². The number of rotatable bonds is 0. The van der Waals surface area contributed by atoms with Crippen LogP contribution in [0.5, 0.6) is 5.75 Å². The molecule has 3 nitrogen and oxygen atoms in total. The maximum Gasteiger partial charge on any atom is 0.255 e. The molecule has 3 heteroatoms. The van der Waals surface area contributed by atoms with Crippen LogP contribution in [0.3, 0.4) is 0 Å². The zero-order valence-corrected chi connectivity index (χ0v) is 8.39. The molecule has 0 atom stereocenters. The molecule has 0 aromatic heterocycles. The van der Waals surface area contributed by atoms with Gasteiger partial charge in [0.15, 0.2) is 0 Å². The molecular formula is C11H13NO2. The van der Waals surface area contributed by atoms with Crippen molar-refractivity contribution in [2.45, 2.75) is 13.8 Å². The summed E-state index contributed by atoms with van der Waals surface area (Å²) in [7, 11) is 0. The highest BCUT2D eigenvalue weighted by Gasteiger charge is 2.19. The molecule has 14 heavy (non-hydrogen) atoms. The van der Waals surface area contributed by atoms with Crippen LogP contribution in [0.4, 0.5) is 0 Å². The fourth-order valence-electron chi connectivity index (χ4n) is 1.66. The topological polar surface area (TPSA) is 38.3 Å². The van der Waals surface area contributed by atoms with Crippen LogP contribution < -0.4 is 10.1 Å². The number of carbonyl (C=O) groups is 1. The Hall–Kier alpha value is -1.51. The molecule has 0 saturated heterocycles. The van der Waals surface area contributed by atoms with Gasteiger partial charge in [0.1, 0.15) is 12.4 Å². The van der Waals surface area contributed by atoms with E-state index in [1.54, 1.807) is 0 Å². The molecule has 0 bridgehead atoms. The first-order chi connectivity index (χ1) is 6.70. The van der Waals surface area contributed by atoms with Gasteiger partial charge in [0, 0.05) is 0 Å². The van der Waals surface area contributed by atoms with Gasteiger partial charge in [0.25, 0.3) is 5.91 Å². The maximum atomic E-state index is 11.7. The molecule has 1 heterocycles. The summed E-state index contributed by atoms with van der Waals surface area (Å²) in [6, 6.07) is 3.93. The van der Waals surface area contributed by atoms with E-state index in [0.717, 1.165) is 16.9 Å². The number of hydrogen-bond acceptors (Lipinski definition) is 2. The summed E-state index contributed by atoms with van der Waals surface area (Å²) in [5, 5.41) is 2.80. The van der Waals surface area contributed by atoms with Crippen molar-refractivity contribution < 1.29 is 9.53 Å². The lowest BCUT2D eigenvalue weighted by molar-refractivity contribution is 0.0956. The first kappa shape index (κ1) is 9.06. The summed E-state index contributed by atoms with van der Waals surface area (Å²) in [5.74, 6) is 0.707. The number of nitrogens with one attached hydrogen (secondary N) is 1. The van der Waals surface area contributed by atoms with E-state index in [0.29, 0.717) is 18.7 Å². The van der Waals surface area contributed by atoms with Crippen molar-refractivity contribution in [3.05, 3.63) is 28.8 Å². The summed E-state index contributed by atoms with van der Waals surface area (Å²) in [5.41, 5.74) is 2.66. The minimum Gasteiger partial charge on any atom is -0.491 e. The molecule has 0 saturated carbocycles. The van der Waals surface area contributed by atoms with E-state index >= 15 is 0 Å². The average molecular weight is 191 g/mol. The summed E-state index contributed by atoms with van der Waals surface area (Å²) < 4.78 is 5.55. The Morgan fingerprint density at radius 1 is 1.29 bits per heavy atom. The third-order valence-electron chi connectivity index (χ3n) is 2.42. The van der Waals surface area contributed by atoms with Gasteiger partial charge in [0.2, 0.25) is 0 Å². The molecule has 2 rings (SSSR count). The largest absolute Gasteiger partial charge is 0.491 e. The summed E-state index contributed by atoms with van der Waals surface area (Å²) in [6.45, 7) is 5.00. The van der Waals surface area contributed by atoms with Crippen molar-refractivity contribution in [3.8, 4) is 5.75 Å². The van der Waals surface area contributed by atoms with E-state index in [4.69, 9.17) is 4.74 Å². The van der Waals surface area contributed by atoms with E-state index in [1.807, 2.05) is 26.0 Å². The van der Waals surface area contributed by atoms with Gasteiger partial charge >= 0.3 is 0 Å². The Bertz CT molecular complexity index is 385. The van der Waals surface area contributed by atoms with Crippen LogP contribution in [0.15, 0.2) is 12.1 Å². The maximum absolute atomic E-state index is 11.7. The van der Waals surface area contributed by atoms with Crippen molar-refractivity contribution in [2.75, 3.05) is 13.2 Å². The van der Waals surface area contributed by atoms with Crippen molar-refractivity contribution in [1.82, 2.24) is 5.32 Å². The number of amides is 1. The normalized spacial score (nSPS) is 15.1. The standard InChI is InChI=1S/C11H13NO2/c1-7-3-4-8(2)10-9(7)11(13)12-5-6-14-10/h3-4H,5-6H2,1-2H3,(H,12,13). The van der Waals surface area contributed by atoms with Gasteiger partial charge in [-0.1, -0.05) is 12.1 Å². The lowest BCUT2D eigenvalue weighted by Gasteiger charge is -2.10. The van der Waals surface area contributed by atoms with Crippen LogP contribution in [0, 0.1) is 13.8 Å². The molecule has 1 aliphatic rings. The smallest absolute Gasteiger partial charge is 0.255 e. The summed E-state index contributed by atoms with van der Waals surface area (Å²) >= 11 is 0. The number of ether oxygens (including phenoxy) is 1. The summed E-state index contributed by atoms with van der Waals surface area (Å²) in [6.07, 6.45) is 0. The van der Waals surface area contributed by atoms with Gasteiger partial charge in [-0.3, -0.25) is 4.79 Å². The zero-order valence-electron chi connectivity index (χ0n) is 8.39. The van der Waals surface area contributed by atoms with Gasteiger partial charge in [-0.25, -0.2) is 0 Å². The number of hydrogen-bond donors (Lipinski definition) is 1. The van der Waals surface area contributed by atoms with E-state index in [1.165, 1.54) is 0 Å². The van der Waals surface area contributed by atoms with Crippen LogP contribution in [-0.4, -0.2) is 19.1 Å². The highest BCUT2D eigenvalue weighted by molar-refractivity contribution is 5.99. The van der Waals surface area contributed by atoms with Crippen molar-refractivity contribution >= 4 is 5.91 Å². The minimum absolute atomic E-state index is 0.0290. The molecule has 0 aliphatic carbocycles. The Kier molecular flexibility index (Phi) is 2.15. The second kappa shape index (κ2) is 3.33. The molecule has 0 spiro atoms. The quantitative estimate of drug-likeness (QED) is 0.673. The Labute approximate surface area is 83.1 Å². The van der Waals surface area contributed by atoms with Crippen LogP contribution in [0.1, 0.15) is 21.5 Å². The number of benzene rings is 1. The molecule has 1 aromatic carbocycles. The van der Waals surface area contributed by atoms with Crippen molar-refractivity contribution in [1.29, 1.82) is 0 Å². The first-order valence-corrected chi connectivity index (χ1v) is 4.71. The molecule has 0 fully saturated rings. The Morgan fingerprint density at radius 2 is 2.00 bits per heavy atom. The van der Waals surface area contributed by atoms with Crippen LogP contribution >= 0.6 is 0 Å². The van der Waals surface area contributed by atoms with Gasteiger partial charge in [0.05, 0.1) is 12.1 Å². The molecule has 1 aromatic rings. The second-order valence-corrected chi connectivity index (χ2v) is 3.51. The van der Waals surface area contributed by atoms with Crippen LogP contribution in [0.25, 0.3) is 0 Å². The monoisotopic (exact) mass is 191 g/mol. The van der Waals surface area contributed by atoms with Gasteiger partial charge in [-0.05, 0) is 25.0 Å². The fraction of sp³-hybridized carbons (Fsp3) is 0.364. The Morgan fingerprint density at radius 3 is 2.79 bits per heavy atom. The van der Waals surface area contributed by atoms with E-state index in [2.05, 4.69) is 5.32 Å². The molecule has 1 N–H and O–H groups in total.